The molecule has 0 bridgehead atoms. The average molecular weight is 392 g/mol. The van der Waals surface area contributed by atoms with E-state index in [4.69, 9.17) is 9.72 Å². The van der Waals surface area contributed by atoms with Gasteiger partial charge in [-0.2, -0.15) is 0 Å². The van der Waals surface area contributed by atoms with Crippen LogP contribution in [0.25, 0.3) is 11.0 Å². The SMILES string of the molecule is Cc1ccccc1OCc1nc2ccccc2n1CCC(=O)N1CCCCCC1. The minimum absolute atomic E-state index is 0.246. The molecular formula is C24H29N3O2. The second-order valence-corrected chi connectivity index (χ2v) is 7.77. The van der Waals surface area contributed by atoms with Gasteiger partial charge < -0.3 is 14.2 Å². The zero-order chi connectivity index (χ0) is 20.1. The lowest BCUT2D eigenvalue weighted by Gasteiger charge is -2.20. The standard InChI is InChI=1S/C24H29N3O2/c1-19-10-4-7-13-22(19)29-18-23-25-20-11-5-6-12-21(20)27(23)17-14-24(28)26-15-8-2-3-9-16-26/h4-7,10-13H,2-3,8-9,14-18H2,1H3. The van der Waals surface area contributed by atoms with Crippen LogP contribution in [-0.4, -0.2) is 33.4 Å². The topological polar surface area (TPSA) is 47.4 Å². The molecule has 152 valence electrons. The largest absolute Gasteiger partial charge is 0.485 e. The number of benzene rings is 2. The van der Waals surface area contributed by atoms with Crippen LogP contribution in [0, 0.1) is 6.92 Å². The van der Waals surface area contributed by atoms with E-state index >= 15 is 0 Å². The summed E-state index contributed by atoms with van der Waals surface area (Å²) in [5.74, 6) is 1.97. The highest BCUT2D eigenvalue weighted by Gasteiger charge is 2.17. The Kier molecular flexibility index (Phi) is 6.13. The molecule has 0 spiro atoms. The van der Waals surface area contributed by atoms with Crippen LogP contribution in [0.5, 0.6) is 5.75 Å². The maximum Gasteiger partial charge on any atom is 0.224 e. The number of carbonyl (C=O) groups is 1. The molecule has 0 radical (unpaired) electrons. The number of amides is 1. The van der Waals surface area contributed by atoms with Crippen molar-refractivity contribution in [1.29, 1.82) is 0 Å². The van der Waals surface area contributed by atoms with Crippen LogP contribution in [0.4, 0.5) is 0 Å². The third kappa shape index (κ3) is 4.61. The number of aromatic nitrogens is 2. The van der Waals surface area contributed by atoms with Gasteiger partial charge in [-0.1, -0.05) is 43.2 Å². The molecule has 29 heavy (non-hydrogen) atoms. The Morgan fingerprint density at radius 3 is 2.52 bits per heavy atom. The molecule has 0 N–H and O–H groups in total. The molecule has 5 heteroatoms. The van der Waals surface area contributed by atoms with Crippen molar-refractivity contribution >= 4 is 16.9 Å². The predicted molar refractivity (Wildman–Crippen MR) is 115 cm³/mol. The van der Waals surface area contributed by atoms with E-state index in [1.54, 1.807) is 0 Å². The van der Waals surface area contributed by atoms with Gasteiger partial charge in [-0.05, 0) is 43.5 Å². The van der Waals surface area contributed by atoms with Crippen LogP contribution < -0.4 is 4.74 Å². The van der Waals surface area contributed by atoms with Gasteiger partial charge in [0.25, 0.3) is 0 Å². The van der Waals surface area contributed by atoms with Gasteiger partial charge in [-0.25, -0.2) is 4.98 Å². The zero-order valence-corrected chi connectivity index (χ0v) is 17.1. The highest BCUT2D eigenvalue weighted by atomic mass is 16.5. The molecule has 0 atom stereocenters. The van der Waals surface area contributed by atoms with E-state index < -0.39 is 0 Å². The van der Waals surface area contributed by atoms with Crippen molar-refractivity contribution in [3.63, 3.8) is 0 Å². The number of likely N-dealkylation sites (tertiary alicyclic amines) is 1. The molecule has 1 saturated heterocycles. The number of nitrogens with zero attached hydrogens (tertiary/aromatic N) is 3. The average Bonchev–Trinajstić information content (AvgIpc) is 2.90. The summed E-state index contributed by atoms with van der Waals surface area (Å²) in [5.41, 5.74) is 3.10. The van der Waals surface area contributed by atoms with Crippen LogP contribution in [0.1, 0.15) is 43.5 Å². The van der Waals surface area contributed by atoms with Gasteiger partial charge in [0.05, 0.1) is 11.0 Å². The lowest BCUT2D eigenvalue weighted by molar-refractivity contribution is -0.131. The van der Waals surface area contributed by atoms with Crippen molar-refractivity contribution in [2.45, 2.75) is 52.2 Å². The minimum Gasteiger partial charge on any atom is -0.485 e. The quantitative estimate of drug-likeness (QED) is 0.611. The summed E-state index contributed by atoms with van der Waals surface area (Å²) in [5, 5.41) is 0. The number of carbonyl (C=O) groups excluding carboxylic acids is 1. The Morgan fingerprint density at radius 1 is 1.00 bits per heavy atom. The number of hydrogen-bond donors (Lipinski definition) is 0. The van der Waals surface area contributed by atoms with E-state index in [1.165, 1.54) is 12.8 Å². The van der Waals surface area contributed by atoms with Gasteiger partial charge in [-0.15, -0.1) is 0 Å². The number of rotatable bonds is 6. The van der Waals surface area contributed by atoms with Crippen LogP contribution in [0.2, 0.25) is 0 Å². The summed E-state index contributed by atoms with van der Waals surface area (Å²) in [6, 6.07) is 16.1. The Bertz CT molecular complexity index is 971. The Labute approximate surface area is 172 Å². The highest BCUT2D eigenvalue weighted by molar-refractivity contribution is 5.78. The fraction of sp³-hybridized carbons (Fsp3) is 0.417. The molecule has 4 rings (SSSR count). The highest BCUT2D eigenvalue weighted by Crippen LogP contribution is 2.21. The summed E-state index contributed by atoms with van der Waals surface area (Å²) in [6.45, 7) is 4.84. The fourth-order valence-electron chi connectivity index (χ4n) is 4.03. The molecule has 1 aliphatic heterocycles. The van der Waals surface area contributed by atoms with Crippen molar-refractivity contribution in [3.05, 3.63) is 59.9 Å². The number of hydrogen-bond acceptors (Lipinski definition) is 3. The summed E-state index contributed by atoms with van der Waals surface area (Å²) in [4.78, 5) is 19.6. The monoisotopic (exact) mass is 391 g/mol. The summed E-state index contributed by atoms with van der Waals surface area (Å²) < 4.78 is 8.20. The van der Waals surface area contributed by atoms with Crippen molar-refractivity contribution in [1.82, 2.24) is 14.5 Å². The molecule has 0 unspecified atom stereocenters. The normalized spacial score (nSPS) is 14.7. The second-order valence-electron chi connectivity index (χ2n) is 7.77. The van der Waals surface area contributed by atoms with E-state index in [9.17, 15) is 4.79 Å². The maximum atomic E-state index is 12.8. The lowest BCUT2D eigenvalue weighted by Crippen LogP contribution is -2.32. The Hall–Kier alpha value is -2.82. The van der Waals surface area contributed by atoms with Gasteiger partial charge in [-0.3, -0.25) is 4.79 Å². The van der Waals surface area contributed by atoms with Crippen LogP contribution in [-0.2, 0) is 17.9 Å². The number of fused-ring (bicyclic) bond motifs is 1. The van der Waals surface area contributed by atoms with Crippen LogP contribution in [0.15, 0.2) is 48.5 Å². The van der Waals surface area contributed by atoms with E-state index in [0.29, 0.717) is 19.6 Å². The zero-order valence-electron chi connectivity index (χ0n) is 17.1. The maximum absolute atomic E-state index is 12.8. The lowest BCUT2D eigenvalue weighted by atomic mass is 10.2. The molecule has 2 aromatic carbocycles. The molecule has 2 heterocycles. The van der Waals surface area contributed by atoms with Gasteiger partial charge in [0.15, 0.2) is 0 Å². The molecule has 0 aliphatic carbocycles. The van der Waals surface area contributed by atoms with Gasteiger partial charge >= 0.3 is 0 Å². The van der Waals surface area contributed by atoms with Crippen molar-refractivity contribution in [2.24, 2.45) is 0 Å². The van der Waals surface area contributed by atoms with Crippen LogP contribution >= 0.6 is 0 Å². The molecule has 1 fully saturated rings. The molecule has 5 nitrogen and oxygen atoms in total. The Morgan fingerprint density at radius 2 is 1.72 bits per heavy atom. The smallest absolute Gasteiger partial charge is 0.224 e. The van der Waals surface area contributed by atoms with Gasteiger partial charge in [0.2, 0.25) is 5.91 Å². The number of para-hydroxylation sites is 3. The third-order valence-electron chi connectivity index (χ3n) is 5.69. The molecular weight excluding hydrogens is 362 g/mol. The summed E-state index contributed by atoms with van der Waals surface area (Å²) in [7, 11) is 0. The van der Waals surface area contributed by atoms with Gasteiger partial charge in [0.1, 0.15) is 18.2 Å². The van der Waals surface area contributed by atoms with E-state index in [2.05, 4.69) is 10.6 Å². The first-order valence-corrected chi connectivity index (χ1v) is 10.6. The van der Waals surface area contributed by atoms with E-state index in [-0.39, 0.29) is 5.91 Å². The summed E-state index contributed by atoms with van der Waals surface area (Å²) in [6.07, 6.45) is 5.20. The number of ether oxygens (including phenoxy) is 1. The van der Waals surface area contributed by atoms with E-state index in [0.717, 1.165) is 54.1 Å². The van der Waals surface area contributed by atoms with Crippen molar-refractivity contribution < 1.29 is 9.53 Å². The second kappa shape index (κ2) is 9.12. The van der Waals surface area contributed by atoms with Crippen molar-refractivity contribution in [2.75, 3.05) is 13.1 Å². The molecule has 1 aromatic heterocycles. The van der Waals surface area contributed by atoms with Crippen molar-refractivity contribution in [3.8, 4) is 5.75 Å². The van der Waals surface area contributed by atoms with Crippen LogP contribution in [0.3, 0.4) is 0 Å². The molecule has 1 aliphatic rings. The first kappa shape index (κ1) is 19.5. The first-order valence-electron chi connectivity index (χ1n) is 10.6. The number of imidazole rings is 1. The predicted octanol–water partition coefficient (Wildman–Crippen LogP) is 4.72. The fourth-order valence-corrected chi connectivity index (χ4v) is 4.03. The number of aryl methyl sites for hydroxylation is 2. The molecule has 3 aromatic rings. The van der Waals surface area contributed by atoms with Gasteiger partial charge in [0, 0.05) is 26.1 Å². The third-order valence-corrected chi connectivity index (χ3v) is 5.69. The molecule has 0 saturated carbocycles. The van der Waals surface area contributed by atoms with E-state index in [1.807, 2.05) is 54.3 Å². The minimum atomic E-state index is 0.246. The molecule has 1 amide bonds. The summed E-state index contributed by atoms with van der Waals surface area (Å²) >= 11 is 0. The first-order chi connectivity index (χ1) is 14.2. The Balaban J connectivity index is 1.50.